The van der Waals surface area contributed by atoms with Crippen LogP contribution in [-0.4, -0.2) is 44.4 Å². The Bertz CT molecular complexity index is 889. The fourth-order valence-electron chi connectivity index (χ4n) is 4.20. The van der Waals surface area contributed by atoms with E-state index in [1.807, 2.05) is 4.90 Å². The van der Waals surface area contributed by atoms with Gasteiger partial charge in [0.25, 0.3) is 0 Å². The minimum Gasteiger partial charge on any atom is -0.507 e. The number of fused-ring (bicyclic) bond motifs is 1. The number of phenols is 2. The van der Waals surface area contributed by atoms with Gasteiger partial charge in [-0.2, -0.15) is 0 Å². The first-order chi connectivity index (χ1) is 13.5. The minimum atomic E-state index is -0.216. The summed E-state index contributed by atoms with van der Waals surface area (Å²) in [7, 11) is 0. The molecule has 4 rings (SSSR count). The van der Waals surface area contributed by atoms with E-state index in [1.165, 1.54) is 6.07 Å². The lowest BCUT2D eigenvalue weighted by atomic mass is 9.81. The van der Waals surface area contributed by atoms with Crippen molar-refractivity contribution in [1.82, 2.24) is 10.1 Å². The van der Waals surface area contributed by atoms with Gasteiger partial charge in [-0.3, -0.25) is 4.79 Å². The zero-order chi connectivity index (χ0) is 19.8. The Balaban J connectivity index is 1.55. The molecule has 2 heterocycles. The Morgan fingerprint density at radius 2 is 1.96 bits per heavy atom. The number of amides is 1. The standard InChI is InChI=1S/C20H23ClN2O5/c21-15-7-13(17(25)8-18(15)26)19-14-9-23(6-5-16(14)22-28-19)20(27)12-3-1-11(10-24)2-4-12/h7-8,11-12,24-26H,1-6,9-10H2. The van der Waals surface area contributed by atoms with Crippen LogP contribution in [0.25, 0.3) is 11.3 Å². The van der Waals surface area contributed by atoms with Crippen LogP contribution in [0.1, 0.15) is 36.9 Å². The number of phenolic OH excluding ortho intramolecular Hbond substituents is 2. The molecule has 0 saturated heterocycles. The molecule has 1 aliphatic heterocycles. The Morgan fingerprint density at radius 3 is 2.68 bits per heavy atom. The fourth-order valence-corrected chi connectivity index (χ4v) is 4.36. The molecule has 3 N–H and O–H groups in total. The van der Waals surface area contributed by atoms with Gasteiger partial charge in [-0.25, -0.2) is 0 Å². The van der Waals surface area contributed by atoms with E-state index in [0.29, 0.717) is 36.8 Å². The average Bonchev–Trinajstić information content (AvgIpc) is 3.13. The molecule has 2 aliphatic rings. The predicted molar refractivity (Wildman–Crippen MR) is 102 cm³/mol. The van der Waals surface area contributed by atoms with Crippen LogP contribution in [0.15, 0.2) is 16.7 Å². The van der Waals surface area contributed by atoms with Crippen LogP contribution in [0.2, 0.25) is 5.02 Å². The van der Waals surface area contributed by atoms with Gasteiger partial charge in [-0.15, -0.1) is 0 Å². The van der Waals surface area contributed by atoms with Gasteiger partial charge in [0, 0.05) is 37.1 Å². The van der Waals surface area contributed by atoms with Gasteiger partial charge in [0.05, 0.1) is 22.8 Å². The van der Waals surface area contributed by atoms with E-state index in [2.05, 4.69) is 5.16 Å². The maximum Gasteiger partial charge on any atom is 0.225 e. The zero-order valence-electron chi connectivity index (χ0n) is 15.4. The maximum absolute atomic E-state index is 13.0. The SMILES string of the molecule is O=C(C1CCC(CO)CC1)N1CCc2noc(-c3cc(Cl)c(O)cc3O)c2C1. The molecule has 0 radical (unpaired) electrons. The highest BCUT2D eigenvalue weighted by Crippen LogP contribution is 2.41. The van der Waals surface area contributed by atoms with Crippen LogP contribution < -0.4 is 0 Å². The second-order valence-corrected chi connectivity index (χ2v) is 8.07. The second kappa shape index (κ2) is 7.64. The lowest BCUT2D eigenvalue weighted by molar-refractivity contribution is -0.138. The van der Waals surface area contributed by atoms with Gasteiger partial charge in [-0.05, 0) is 37.7 Å². The minimum absolute atomic E-state index is 0.0100. The van der Waals surface area contributed by atoms with Gasteiger partial charge in [-0.1, -0.05) is 16.8 Å². The molecule has 1 aliphatic carbocycles. The van der Waals surface area contributed by atoms with Crippen LogP contribution in [0.3, 0.4) is 0 Å². The summed E-state index contributed by atoms with van der Waals surface area (Å²) in [5.41, 5.74) is 1.88. The number of rotatable bonds is 3. The molecule has 0 spiro atoms. The molecule has 150 valence electrons. The highest BCUT2D eigenvalue weighted by molar-refractivity contribution is 6.32. The van der Waals surface area contributed by atoms with Crippen molar-refractivity contribution >= 4 is 17.5 Å². The lowest BCUT2D eigenvalue weighted by Gasteiger charge is -2.33. The van der Waals surface area contributed by atoms with E-state index in [4.69, 9.17) is 16.1 Å². The smallest absolute Gasteiger partial charge is 0.225 e. The first-order valence-electron chi connectivity index (χ1n) is 9.56. The summed E-state index contributed by atoms with van der Waals surface area (Å²) in [5.74, 6) is 0.421. The normalized spacial score (nSPS) is 22.1. The average molecular weight is 407 g/mol. The number of halogens is 1. The Kier molecular flexibility index (Phi) is 5.21. The van der Waals surface area contributed by atoms with Crippen LogP contribution in [0.4, 0.5) is 0 Å². The molecule has 0 atom stereocenters. The summed E-state index contributed by atoms with van der Waals surface area (Å²) >= 11 is 5.98. The molecule has 1 amide bonds. The summed E-state index contributed by atoms with van der Waals surface area (Å²) in [6.45, 7) is 1.14. The number of aromatic nitrogens is 1. The number of nitrogens with zero attached hydrogens (tertiary/aromatic N) is 2. The number of carbonyl (C=O) groups excluding carboxylic acids is 1. The van der Waals surface area contributed by atoms with E-state index in [9.17, 15) is 20.1 Å². The van der Waals surface area contributed by atoms with E-state index >= 15 is 0 Å². The number of aliphatic hydroxyl groups is 1. The highest BCUT2D eigenvalue weighted by Gasteiger charge is 2.33. The Morgan fingerprint density at radius 1 is 1.21 bits per heavy atom. The van der Waals surface area contributed by atoms with E-state index in [0.717, 1.165) is 43.0 Å². The third-order valence-corrected chi connectivity index (χ3v) is 6.22. The van der Waals surface area contributed by atoms with Gasteiger partial charge < -0.3 is 24.7 Å². The predicted octanol–water partition coefficient (Wildman–Crippen LogP) is 3.09. The van der Waals surface area contributed by atoms with Crippen molar-refractivity contribution in [2.24, 2.45) is 11.8 Å². The molecule has 1 aromatic heterocycles. The molecule has 7 nitrogen and oxygen atoms in total. The number of hydrogen-bond acceptors (Lipinski definition) is 6. The molecule has 0 unspecified atom stereocenters. The van der Waals surface area contributed by atoms with Crippen molar-refractivity contribution in [2.45, 2.75) is 38.6 Å². The number of benzene rings is 1. The molecule has 8 heteroatoms. The van der Waals surface area contributed by atoms with Crippen molar-refractivity contribution in [3.8, 4) is 22.8 Å². The van der Waals surface area contributed by atoms with Crippen molar-refractivity contribution in [1.29, 1.82) is 0 Å². The number of aromatic hydroxyl groups is 2. The number of hydrogen-bond donors (Lipinski definition) is 3. The van der Waals surface area contributed by atoms with E-state index in [-0.39, 0.29) is 35.0 Å². The topological polar surface area (TPSA) is 107 Å². The largest absolute Gasteiger partial charge is 0.507 e. The first-order valence-corrected chi connectivity index (χ1v) is 9.94. The Labute approximate surface area is 167 Å². The number of carbonyl (C=O) groups is 1. The number of aliphatic hydroxyl groups excluding tert-OH is 1. The van der Waals surface area contributed by atoms with Crippen LogP contribution in [-0.2, 0) is 17.8 Å². The molecule has 2 aromatic rings. The summed E-state index contributed by atoms with van der Waals surface area (Å²) in [6, 6.07) is 2.60. The van der Waals surface area contributed by atoms with E-state index in [1.54, 1.807) is 0 Å². The molecule has 28 heavy (non-hydrogen) atoms. The highest BCUT2D eigenvalue weighted by atomic mass is 35.5. The third-order valence-electron chi connectivity index (χ3n) is 5.91. The quantitative estimate of drug-likeness (QED) is 0.723. The van der Waals surface area contributed by atoms with Crippen LogP contribution in [0, 0.1) is 11.8 Å². The zero-order valence-corrected chi connectivity index (χ0v) is 16.2. The summed E-state index contributed by atoms with van der Waals surface area (Å²) in [4.78, 5) is 14.8. The van der Waals surface area contributed by atoms with Gasteiger partial charge in [0.1, 0.15) is 11.5 Å². The van der Waals surface area contributed by atoms with Crippen LogP contribution in [0.5, 0.6) is 11.5 Å². The summed E-state index contributed by atoms with van der Waals surface area (Å²) < 4.78 is 5.47. The van der Waals surface area contributed by atoms with Crippen molar-refractivity contribution < 1.29 is 24.6 Å². The van der Waals surface area contributed by atoms with E-state index < -0.39 is 0 Å². The van der Waals surface area contributed by atoms with Gasteiger partial charge in [0.15, 0.2) is 5.76 Å². The Hall–Kier alpha value is -2.25. The lowest BCUT2D eigenvalue weighted by Crippen LogP contribution is -2.41. The first kappa shape index (κ1) is 19.1. The van der Waals surface area contributed by atoms with Gasteiger partial charge in [0.2, 0.25) is 5.91 Å². The maximum atomic E-state index is 13.0. The monoisotopic (exact) mass is 406 g/mol. The third kappa shape index (κ3) is 3.44. The second-order valence-electron chi connectivity index (χ2n) is 7.67. The molecule has 1 fully saturated rings. The molecule has 0 bridgehead atoms. The fraction of sp³-hybridized carbons (Fsp3) is 0.500. The molecule has 1 aromatic carbocycles. The molecule has 1 saturated carbocycles. The molecular weight excluding hydrogens is 384 g/mol. The molecular formula is C20H23ClN2O5. The van der Waals surface area contributed by atoms with Crippen molar-refractivity contribution in [2.75, 3.05) is 13.2 Å². The summed E-state index contributed by atoms with van der Waals surface area (Å²) in [5, 5.41) is 33.3. The van der Waals surface area contributed by atoms with Crippen molar-refractivity contribution in [3.63, 3.8) is 0 Å². The van der Waals surface area contributed by atoms with Crippen molar-refractivity contribution in [3.05, 3.63) is 28.4 Å². The summed E-state index contributed by atoms with van der Waals surface area (Å²) in [6.07, 6.45) is 3.95. The van der Waals surface area contributed by atoms with Crippen LogP contribution >= 0.6 is 11.6 Å². The van der Waals surface area contributed by atoms with Gasteiger partial charge >= 0.3 is 0 Å².